The first-order chi connectivity index (χ1) is 6.81. The summed E-state index contributed by atoms with van der Waals surface area (Å²) in [4.78, 5) is 0. The molecule has 2 nitrogen and oxygen atoms in total. The van der Waals surface area contributed by atoms with Crippen molar-refractivity contribution in [3.05, 3.63) is 0 Å². The van der Waals surface area contributed by atoms with Gasteiger partial charge in [0.15, 0.2) is 0 Å². The van der Waals surface area contributed by atoms with E-state index < -0.39 is 0 Å². The van der Waals surface area contributed by atoms with Crippen molar-refractivity contribution in [2.45, 2.75) is 33.1 Å². The summed E-state index contributed by atoms with van der Waals surface area (Å²) in [5, 5.41) is 6.79. The van der Waals surface area contributed by atoms with E-state index >= 15 is 0 Å². The van der Waals surface area contributed by atoms with Gasteiger partial charge in [0.1, 0.15) is 0 Å². The van der Waals surface area contributed by atoms with Gasteiger partial charge in [-0.05, 0) is 44.9 Å². The Morgan fingerprint density at radius 3 is 2.57 bits per heavy atom. The highest BCUT2D eigenvalue weighted by Gasteiger charge is 1.97. The molecule has 0 rings (SSSR count). The third kappa shape index (κ3) is 9.57. The fourth-order valence-electron chi connectivity index (χ4n) is 1.26. The van der Waals surface area contributed by atoms with Gasteiger partial charge >= 0.3 is 0 Å². The summed E-state index contributed by atoms with van der Waals surface area (Å²) in [5.41, 5.74) is 0. The molecule has 0 aromatic heterocycles. The Hall–Kier alpha value is -0.520. The van der Waals surface area contributed by atoms with Crippen LogP contribution in [0.5, 0.6) is 0 Å². The second kappa shape index (κ2) is 10.6. The van der Waals surface area contributed by atoms with Gasteiger partial charge in [-0.3, -0.25) is 0 Å². The summed E-state index contributed by atoms with van der Waals surface area (Å²) < 4.78 is 0. The van der Waals surface area contributed by atoms with Crippen LogP contribution < -0.4 is 10.6 Å². The van der Waals surface area contributed by atoms with Crippen molar-refractivity contribution in [1.29, 1.82) is 0 Å². The average molecular weight is 196 g/mol. The maximum absolute atomic E-state index is 5.23. The number of nitrogens with one attached hydrogen (secondary N) is 2. The lowest BCUT2D eigenvalue weighted by molar-refractivity contribution is 0.509. The van der Waals surface area contributed by atoms with E-state index in [9.17, 15) is 0 Å². The fraction of sp³-hybridized carbons (Fsp3) is 0.833. The van der Waals surface area contributed by atoms with Crippen molar-refractivity contribution >= 4 is 0 Å². The molecule has 0 aromatic rings. The second-order valence-corrected chi connectivity index (χ2v) is 3.82. The largest absolute Gasteiger partial charge is 0.317 e. The molecule has 0 saturated carbocycles. The van der Waals surface area contributed by atoms with Crippen molar-refractivity contribution in [2.75, 3.05) is 26.2 Å². The van der Waals surface area contributed by atoms with Gasteiger partial charge in [-0.15, -0.1) is 12.3 Å². The Morgan fingerprint density at radius 2 is 1.93 bits per heavy atom. The summed E-state index contributed by atoms with van der Waals surface area (Å²) in [6.07, 6.45) is 8.52. The van der Waals surface area contributed by atoms with Gasteiger partial charge in [0.05, 0.1) is 0 Å². The molecule has 0 radical (unpaired) electrons. The van der Waals surface area contributed by atoms with Crippen LogP contribution in [0.2, 0.25) is 0 Å². The van der Waals surface area contributed by atoms with Crippen LogP contribution in [0.15, 0.2) is 0 Å². The predicted molar refractivity (Wildman–Crippen MR) is 63.3 cm³/mol. The smallest absolute Gasteiger partial charge is 0.0124 e. The molecule has 82 valence electrons. The molecule has 2 N–H and O–H groups in total. The fourth-order valence-corrected chi connectivity index (χ4v) is 1.26. The Labute approximate surface area is 88.9 Å². The number of hydrogen-bond acceptors (Lipinski definition) is 2. The van der Waals surface area contributed by atoms with Crippen molar-refractivity contribution in [3.8, 4) is 12.3 Å². The SMILES string of the molecule is C#CCC(C)CNCCCNCCC. The van der Waals surface area contributed by atoms with Crippen LogP contribution >= 0.6 is 0 Å². The van der Waals surface area contributed by atoms with Crippen LogP contribution in [-0.4, -0.2) is 26.2 Å². The molecule has 0 amide bonds. The number of hydrogen-bond donors (Lipinski definition) is 2. The molecule has 1 unspecified atom stereocenters. The Bertz CT molecular complexity index is 149. The zero-order valence-electron chi connectivity index (χ0n) is 9.60. The topological polar surface area (TPSA) is 24.1 Å². The van der Waals surface area contributed by atoms with Crippen LogP contribution in [0.1, 0.15) is 33.1 Å². The van der Waals surface area contributed by atoms with Crippen molar-refractivity contribution in [3.63, 3.8) is 0 Å². The lowest BCUT2D eigenvalue weighted by Gasteiger charge is -2.09. The van der Waals surface area contributed by atoms with E-state index in [0.717, 1.165) is 32.6 Å². The van der Waals surface area contributed by atoms with Crippen LogP contribution in [0.25, 0.3) is 0 Å². The van der Waals surface area contributed by atoms with Gasteiger partial charge in [0, 0.05) is 6.42 Å². The molecule has 0 spiro atoms. The highest BCUT2D eigenvalue weighted by Crippen LogP contribution is 1.96. The third-order valence-electron chi connectivity index (χ3n) is 2.09. The highest BCUT2D eigenvalue weighted by atomic mass is 14.9. The van der Waals surface area contributed by atoms with Gasteiger partial charge in [-0.1, -0.05) is 13.8 Å². The minimum absolute atomic E-state index is 0.601. The number of rotatable bonds is 9. The van der Waals surface area contributed by atoms with Crippen molar-refractivity contribution in [2.24, 2.45) is 5.92 Å². The predicted octanol–water partition coefficient (Wildman–Crippen LogP) is 1.63. The van der Waals surface area contributed by atoms with Crippen LogP contribution in [0.3, 0.4) is 0 Å². The molecule has 0 heterocycles. The van der Waals surface area contributed by atoms with E-state index in [1.165, 1.54) is 12.8 Å². The summed E-state index contributed by atoms with van der Waals surface area (Å²) in [6, 6.07) is 0. The lowest BCUT2D eigenvalue weighted by atomic mass is 10.1. The maximum atomic E-state index is 5.23. The van der Waals surface area contributed by atoms with Crippen molar-refractivity contribution < 1.29 is 0 Å². The molecule has 0 aliphatic carbocycles. The van der Waals surface area contributed by atoms with E-state index in [-0.39, 0.29) is 0 Å². The van der Waals surface area contributed by atoms with E-state index in [4.69, 9.17) is 6.42 Å². The second-order valence-electron chi connectivity index (χ2n) is 3.82. The minimum atomic E-state index is 0.601. The Morgan fingerprint density at radius 1 is 1.21 bits per heavy atom. The summed E-state index contributed by atoms with van der Waals surface area (Å²) in [5.74, 6) is 3.28. The molecule has 0 saturated heterocycles. The molecule has 2 heteroatoms. The molecule has 14 heavy (non-hydrogen) atoms. The van der Waals surface area contributed by atoms with Crippen LogP contribution in [-0.2, 0) is 0 Å². The summed E-state index contributed by atoms with van der Waals surface area (Å²) in [7, 11) is 0. The minimum Gasteiger partial charge on any atom is -0.317 e. The molecular formula is C12H24N2. The van der Waals surface area contributed by atoms with Crippen molar-refractivity contribution in [1.82, 2.24) is 10.6 Å². The lowest BCUT2D eigenvalue weighted by Crippen LogP contribution is -2.25. The summed E-state index contributed by atoms with van der Waals surface area (Å²) in [6.45, 7) is 8.75. The zero-order valence-corrected chi connectivity index (χ0v) is 9.60. The maximum Gasteiger partial charge on any atom is 0.0124 e. The first kappa shape index (κ1) is 13.5. The average Bonchev–Trinajstić information content (AvgIpc) is 2.17. The molecule has 1 atom stereocenters. The number of terminal acetylenes is 1. The van der Waals surface area contributed by atoms with E-state index in [2.05, 4.69) is 30.4 Å². The molecule has 0 fully saturated rings. The normalized spacial score (nSPS) is 12.4. The molecule has 0 bridgehead atoms. The van der Waals surface area contributed by atoms with Gasteiger partial charge in [-0.2, -0.15) is 0 Å². The summed E-state index contributed by atoms with van der Waals surface area (Å²) >= 11 is 0. The monoisotopic (exact) mass is 196 g/mol. The van der Waals surface area contributed by atoms with Gasteiger partial charge in [0.25, 0.3) is 0 Å². The quantitative estimate of drug-likeness (QED) is 0.432. The third-order valence-corrected chi connectivity index (χ3v) is 2.09. The van der Waals surface area contributed by atoms with E-state index in [1.807, 2.05) is 0 Å². The molecule has 0 aromatic carbocycles. The standard InChI is InChI=1S/C12H24N2/c1-4-7-12(3)11-14-10-6-9-13-8-5-2/h1,12-14H,5-11H2,2-3H3. The van der Waals surface area contributed by atoms with Gasteiger partial charge < -0.3 is 10.6 Å². The first-order valence-corrected chi connectivity index (χ1v) is 5.66. The zero-order chi connectivity index (χ0) is 10.6. The van der Waals surface area contributed by atoms with Crippen LogP contribution in [0, 0.1) is 18.3 Å². The highest BCUT2D eigenvalue weighted by molar-refractivity contribution is 4.85. The van der Waals surface area contributed by atoms with Crippen LogP contribution in [0.4, 0.5) is 0 Å². The first-order valence-electron chi connectivity index (χ1n) is 5.66. The Kier molecular flexibility index (Phi) is 10.2. The molecule has 0 aliphatic rings. The van der Waals surface area contributed by atoms with E-state index in [1.54, 1.807) is 0 Å². The molecule has 0 aliphatic heterocycles. The van der Waals surface area contributed by atoms with Gasteiger partial charge in [-0.25, -0.2) is 0 Å². The van der Waals surface area contributed by atoms with Gasteiger partial charge in [0.2, 0.25) is 0 Å². The molecular weight excluding hydrogens is 172 g/mol. The Balaban J connectivity index is 3.02. The van der Waals surface area contributed by atoms with E-state index in [0.29, 0.717) is 5.92 Å².